The van der Waals surface area contributed by atoms with Gasteiger partial charge in [-0.15, -0.1) is 0 Å². The molecule has 1 heterocycles. The molecule has 2 rings (SSSR count). The van der Waals surface area contributed by atoms with Gasteiger partial charge in [-0.05, 0) is 62.5 Å². The minimum Gasteiger partial charge on any atom is -0.494 e. The molecule has 1 aromatic carbocycles. The van der Waals surface area contributed by atoms with Gasteiger partial charge in [0.05, 0.1) is 13.2 Å². The molecule has 0 aliphatic carbocycles. The zero-order chi connectivity index (χ0) is 17.9. The SMILES string of the molecule is CCCCOc1ccc(C(=O)NCC2CCN(CCOC)CC2)cc1. The number of carbonyl (C=O) groups excluding carboxylic acids is 1. The zero-order valence-corrected chi connectivity index (χ0v) is 15.6. The van der Waals surface area contributed by atoms with Crippen molar-refractivity contribution in [1.82, 2.24) is 10.2 Å². The van der Waals surface area contributed by atoms with E-state index in [9.17, 15) is 4.79 Å². The largest absolute Gasteiger partial charge is 0.494 e. The summed E-state index contributed by atoms with van der Waals surface area (Å²) in [6.45, 7) is 7.60. The van der Waals surface area contributed by atoms with Gasteiger partial charge in [0.1, 0.15) is 5.75 Å². The van der Waals surface area contributed by atoms with Crippen molar-refractivity contribution in [1.29, 1.82) is 0 Å². The molecular weight excluding hydrogens is 316 g/mol. The molecular formula is C20H32N2O3. The van der Waals surface area contributed by atoms with Crippen LogP contribution in [0, 0.1) is 5.92 Å². The van der Waals surface area contributed by atoms with E-state index in [-0.39, 0.29) is 5.91 Å². The van der Waals surface area contributed by atoms with Gasteiger partial charge in [-0.2, -0.15) is 0 Å². The lowest BCUT2D eigenvalue weighted by Gasteiger charge is -2.31. The van der Waals surface area contributed by atoms with Crippen molar-refractivity contribution in [2.45, 2.75) is 32.6 Å². The number of hydrogen-bond donors (Lipinski definition) is 1. The van der Waals surface area contributed by atoms with E-state index in [4.69, 9.17) is 9.47 Å². The summed E-state index contributed by atoms with van der Waals surface area (Å²) in [5.41, 5.74) is 0.695. The maximum Gasteiger partial charge on any atom is 0.251 e. The van der Waals surface area contributed by atoms with E-state index < -0.39 is 0 Å². The molecule has 0 atom stereocenters. The van der Waals surface area contributed by atoms with E-state index in [1.54, 1.807) is 7.11 Å². The van der Waals surface area contributed by atoms with E-state index in [1.807, 2.05) is 24.3 Å². The fraction of sp³-hybridized carbons (Fsp3) is 0.650. The average Bonchev–Trinajstić information content (AvgIpc) is 2.66. The Bertz CT molecular complexity index is 496. The van der Waals surface area contributed by atoms with Gasteiger partial charge in [0, 0.05) is 25.8 Å². The van der Waals surface area contributed by atoms with Crippen LogP contribution >= 0.6 is 0 Å². The molecule has 1 aliphatic heterocycles. The third kappa shape index (κ3) is 7.04. The average molecular weight is 348 g/mol. The third-order valence-electron chi connectivity index (χ3n) is 4.75. The monoisotopic (exact) mass is 348 g/mol. The smallest absolute Gasteiger partial charge is 0.251 e. The second-order valence-electron chi connectivity index (χ2n) is 6.71. The molecule has 0 unspecified atom stereocenters. The lowest BCUT2D eigenvalue weighted by molar-refractivity contribution is 0.0926. The Morgan fingerprint density at radius 1 is 1.20 bits per heavy atom. The quantitative estimate of drug-likeness (QED) is 0.661. The fourth-order valence-corrected chi connectivity index (χ4v) is 3.01. The van der Waals surface area contributed by atoms with Crippen LogP contribution in [0.4, 0.5) is 0 Å². The molecule has 0 aromatic heterocycles. The predicted octanol–water partition coefficient (Wildman–Crippen LogP) is 2.95. The highest BCUT2D eigenvalue weighted by atomic mass is 16.5. The first kappa shape index (κ1) is 19.7. The standard InChI is InChI=1S/C20H32N2O3/c1-3-4-14-25-19-7-5-18(6-8-19)20(23)21-16-17-9-11-22(12-10-17)13-15-24-2/h5-8,17H,3-4,9-16H2,1-2H3,(H,21,23). The number of unbranched alkanes of at least 4 members (excludes halogenated alkanes) is 1. The molecule has 1 saturated heterocycles. The minimum atomic E-state index is 0.00178. The molecule has 1 aliphatic rings. The minimum absolute atomic E-state index is 0.00178. The Hall–Kier alpha value is -1.59. The number of likely N-dealkylation sites (tertiary alicyclic amines) is 1. The van der Waals surface area contributed by atoms with Crippen molar-refractivity contribution < 1.29 is 14.3 Å². The van der Waals surface area contributed by atoms with Gasteiger partial charge < -0.3 is 19.7 Å². The van der Waals surface area contributed by atoms with Crippen molar-refractivity contribution in [3.63, 3.8) is 0 Å². The van der Waals surface area contributed by atoms with Gasteiger partial charge >= 0.3 is 0 Å². The highest BCUT2D eigenvalue weighted by Gasteiger charge is 2.19. The summed E-state index contributed by atoms with van der Waals surface area (Å²) in [4.78, 5) is 14.7. The van der Waals surface area contributed by atoms with Crippen molar-refractivity contribution in [2.75, 3.05) is 46.5 Å². The third-order valence-corrected chi connectivity index (χ3v) is 4.75. The summed E-state index contributed by atoms with van der Waals surface area (Å²) in [7, 11) is 1.74. The van der Waals surface area contributed by atoms with Crippen LogP contribution in [0.5, 0.6) is 5.75 Å². The van der Waals surface area contributed by atoms with Crippen LogP contribution in [-0.2, 0) is 4.74 Å². The molecule has 25 heavy (non-hydrogen) atoms. The molecule has 1 aromatic rings. The van der Waals surface area contributed by atoms with Gasteiger partial charge in [-0.1, -0.05) is 13.3 Å². The molecule has 1 N–H and O–H groups in total. The Balaban J connectivity index is 1.68. The maximum absolute atomic E-state index is 12.3. The van der Waals surface area contributed by atoms with Crippen LogP contribution < -0.4 is 10.1 Å². The summed E-state index contributed by atoms with van der Waals surface area (Å²) in [5.74, 6) is 1.40. The first-order valence-corrected chi connectivity index (χ1v) is 9.45. The number of piperidine rings is 1. The first-order chi connectivity index (χ1) is 12.2. The van der Waals surface area contributed by atoms with E-state index in [2.05, 4.69) is 17.1 Å². The Morgan fingerprint density at radius 2 is 1.92 bits per heavy atom. The molecule has 0 bridgehead atoms. The number of methoxy groups -OCH3 is 1. The number of carbonyl (C=O) groups is 1. The van der Waals surface area contributed by atoms with Gasteiger partial charge in [0.15, 0.2) is 0 Å². The lowest BCUT2D eigenvalue weighted by Crippen LogP contribution is -2.39. The molecule has 0 spiro atoms. The van der Waals surface area contributed by atoms with Gasteiger partial charge in [0.25, 0.3) is 5.91 Å². The number of ether oxygens (including phenoxy) is 2. The number of hydrogen-bond acceptors (Lipinski definition) is 4. The maximum atomic E-state index is 12.3. The van der Waals surface area contributed by atoms with Crippen LogP contribution in [0.1, 0.15) is 43.0 Å². The van der Waals surface area contributed by atoms with Gasteiger partial charge in [-0.3, -0.25) is 4.79 Å². The number of amides is 1. The fourth-order valence-electron chi connectivity index (χ4n) is 3.01. The molecule has 0 saturated carbocycles. The molecule has 140 valence electrons. The second kappa shape index (κ2) is 11.1. The lowest BCUT2D eigenvalue weighted by atomic mass is 9.96. The van der Waals surface area contributed by atoms with Crippen molar-refractivity contribution >= 4 is 5.91 Å². The topological polar surface area (TPSA) is 50.8 Å². The molecule has 1 amide bonds. The Kier molecular flexibility index (Phi) is 8.77. The van der Waals surface area contributed by atoms with Gasteiger partial charge in [0.2, 0.25) is 0 Å². The van der Waals surface area contributed by atoms with Crippen LogP contribution in [0.15, 0.2) is 24.3 Å². The highest BCUT2D eigenvalue weighted by molar-refractivity contribution is 5.94. The summed E-state index contributed by atoms with van der Waals surface area (Å²) >= 11 is 0. The zero-order valence-electron chi connectivity index (χ0n) is 15.6. The molecule has 0 radical (unpaired) electrons. The van der Waals surface area contributed by atoms with Crippen LogP contribution in [0.3, 0.4) is 0 Å². The summed E-state index contributed by atoms with van der Waals surface area (Å²) in [5, 5.41) is 3.08. The number of benzene rings is 1. The normalized spacial score (nSPS) is 15.9. The predicted molar refractivity (Wildman–Crippen MR) is 100 cm³/mol. The first-order valence-electron chi connectivity index (χ1n) is 9.45. The van der Waals surface area contributed by atoms with Crippen molar-refractivity contribution in [3.05, 3.63) is 29.8 Å². The molecule has 5 nitrogen and oxygen atoms in total. The van der Waals surface area contributed by atoms with E-state index in [0.717, 1.165) is 70.8 Å². The number of nitrogens with zero attached hydrogens (tertiary/aromatic N) is 1. The Labute approximate surface area is 151 Å². The van der Waals surface area contributed by atoms with Gasteiger partial charge in [-0.25, -0.2) is 0 Å². The van der Waals surface area contributed by atoms with Crippen LogP contribution in [0.2, 0.25) is 0 Å². The highest BCUT2D eigenvalue weighted by Crippen LogP contribution is 2.17. The molecule has 5 heteroatoms. The van der Waals surface area contributed by atoms with E-state index in [1.165, 1.54) is 0 Å². The molecule has 1 fully saturated rings. The Morgan fingerprint density at radius 3 is 2.56 bits per heavy atom. The number of nitrogens with one attached hydrogen (secondary N) is 1. The van der Waals surface area contributed by atoms with Crippen molar-refractivity contribution in [2.24, 2.45) is 5.92 Å². The van der Waals surface area contributed by atoms with Crippen molar-refractivity contribution in [3.8, 4) is 5.75 Å². The summed E-state index contributed by atoms with van der Waals surface area (Å²) < 4.78 is 10.8. The summed E-state index contributed by atoms with van der Waals surface area (Å²) in [6.07, 6.45) is 4.43. The van der Waals surface area contributed by atoms with Crippen LogP contribution in [0.25, 0.3) is 0 Å². The second-order valence-corrected chi connectivity index (χ2v) is 6.71. The number of rotatable bonds is 10. The van der Waals surface area contributed by atoms with E-state index >= 15 is 0 Å². The van der Waals surface area contributed by atoms with E-state index in [0.29, 0.717) is 11.5 Å². The van der Waals surface area contributed by atoms with Crippen LogP contribution in [-0.4, -0.2) is 57.3 Å². The summed E-state index contributed by atoms with van der Waals surface area (Å²) in [6, 6.07) is 7.42.